The van der Waals surface area contributed by atoms with E-state index in [1.165, 1.54) is 30.6 Å². The highest BCUT2D eigenvalue weighted by Gasteiger charge is 2.58. The van der Waals surface area contributed by atoms with Crippen molar-refractivity contribution in [1.29, 1.82) is 0 Å². The number of rotatable bonds is 2. The number of Topliss-reactive ketones (excluding diaryl/α,β-unsaturated/α-hetero) is 1. The number of ketones is 1. The SMILES string of the molecule is CCOC1=CC2=CCC3C4CCC(=O)C4(C)CCC3C2(C)CC1. The van der Waals surface area contributed by atoms with Gasteiger partial charge in [-0.15, -0.1) is 0 Å². The maximum absolute atomic E-state index is 12.4. The van der Waals surface area contributed by atoms with E-state index in [1.54, 1.807) is 0 Å². The van der Waals surface area contributed by atoms with Crippen molar-refractivity contribution in [1.82, 2.24) is 0 Å². The number of hydrogen-bond donors (Lipinski definition) is 0. The van der Waals surface area contributed by atoms with Crippen molar-refractivity contribution in [2.24, 2.45) is 28.6 Å². The van der Waals surface area contributed by atoms with Gasteiger partial charge in [-0.1, -0.05) is 19.9 Å². The standard InChI is InChI=1S/C21H30O2/c1-4-23-15-9-11-20(2)14(13-15)5-6-16-17-7-8-19(22)21(17,3)12-10-18(16)20/h5,13,16-18H,4,6-12H2,1-3H3. The van der Waals surface area contributed by atoms with Gasteiger partial charge in [0.15, 0.2) is 0 Å². The molecule has 0 heterocycles. The van der Waals surface area contributed by atoms with Crippen molar-refractivity contribution in [3.63, 3.8) is 0 Å². The molecule has 126 valence electrons. The quantitative estimate of drug-likeness (QED) is 0.713. The number of hydrogen-bond acceptors (Lipinski definition) is 2. The highest BCUT2D eigenvalue weighted by Crippen LogP contribution is 2.63. The Kier molecular flexibility index (Phi) is 3.52. The highest BCUT2D eigenvalue weighted by molar-refractivity contribution is 5.87. The molecule has 0 spiro atoms. The fraction of sp³-hybridized carbons (Fsp3) is 0.762. The van der Waals surface area contributed by atoms with Crippen LogP contribution in [0.4, 0.5) is 0 Å². The Hall–Kier alpha value is -1.05. The van der Waals surface area contributed by atoms with E-state index in [1.807, 2.05) is 0 Å². The lowest BCUT2D eigenvalue weighted by Crippen LogP contribution is -2.49. The van der Waals surface area contributed by atoms with Crippen LogP contribution in [0.5, 0.6) is 0 Å². The van der Waals surface area contributed by atoms with Crippen LogP contribution in [0.2, 0.25) is 0 Å². The van der Waals surface area contributed by atoms with Crippen molar-refractivity contribution in [3.8, 4) is 0 Å². The lowest BCUT2D eigenvalue weighted by atomic mass is 9.49. The second-order valence-corrected chi connectivity index (χ2v) is 8.65. The minimum atomic E-state index is -0.0101. The minimum Gasteiger partial charge on any atom is -0.498 e. The molecule has 5 atom stereocenters. The third-order valence-corrected chi connectivity index (χ3v) is 7.77. The largest absolute Gasteiger partial charge is 0.498 e. The molecule has 0 aliphatic heterocycles. The topological polar surface area (TPSA) is 26.3 Å². The molecule has 0 radical (unpaired) electrons. The zero-order chi connectivity index (χ0) is 16.2. The maximum atomic E-state index is 12.4. The van der Waals surface area contributed by atoms with E-state index >= 15 is 0 Å². The molecule has 0 saturated heterocycles. The van der Waals surface area contributed by atoms with E-state index in [0.29, 0.717) is 17.1 Å². The predicted molar refractivity (Wildman–Crippen MR) is 91.8 cm³/mol. The minimum absolute atomic E-state index is 0.0101. The Bertz CT molecular complexity index is 587. The first kappa shape index (κ1) is 15.5. The number of fused-ring (bicyclic) bond motifs is 5. The van der Waals surface area contributed by atoms with Gasteiger partial charge in [-0.25, -0.2) is 0 Å². The molecule has 2 saturated carbocycles. The van der Waals surface area contributed by atoms with Crippen molar-refractivity contribution < 1.29 is 9.53 Å². The van der Waals surface area contributed by atoms with Gasteiger partial charge in [0.25, 0.3) is 0 Å². The molecule has 0 aromatic rings. The van der Waals surface area contributed by atoms with Crippen molar-refractivity contribution in [3.05, 3.63) is 23.5 Å². The van der Waals surface area contributed by atoms with E-state index in [4.69, 9.17) is 4.74 Å². The number of ether oxygens (including phenoxy) is 1. The Morgan fingerprint density at radius 1 is 1.13 bits per heavy atom. The van der Waals surface area contributed by atoms with E-state index in [0.717, 1.165) is 44.1 Å². The first-order valence-corrected chi connectivity index (χ1v) is 9.56. The van der Waals surface area contributed by atoms with Crippen LogP contribution in [-0.4, -0.2) is 12.4 Å². The summed E-state index contributed by atoms with van der Waals surface area (Å²) in [4.78, 5) is 12.4. The van der Waals surface area contributed by atoms with Crippen LogP contribution < -0.4 is 0 Å². The second-order valence-electron chi connectivity index (χ2n) is 8.65. The summed E-state index contributed by atoms with van der Waals surface area (Å²) in [6.45, 7) is 7.58. The lowest BCUT2D eigenvalue weighted by Gasteiger charge is -2.55. The van der Waals surface area contributed by atoms with Gasteiger partial charge in [0.1, 0.15) is 5.78 Å². The van der Waals surface area contributed by atoms with Gasteiger partial charge in [0.05, 0.1) is 12.4 Å². The molecule has 4 aliphatic carbocycles. The maximum Gasteiger partial charge on any atom is 0.139 e. The molecular formula is C21H30O2. The number of carbonyl (C=O) groups is 1. The van der Waals surface area contributed by atoms with Crippen LogP contribution in [0.3, 0.4) is 0 Å². The summed E-state index contributed by atoms with van der Waals surface area (Å²) in [6.07, 6.45) is 12.6. The fourth-order valence-electron chi connectivity index (χ4n) is 6.37. The molecule has 4 aliphatic rings. The predicted octanol–water partition coefficient (Wildman–Crippen LogP) is 5.05. The van der Waals surface area contributed by atoms with Crippen LogP contribution in [-0.2, 0) is 9.53 Å². The summed E-state index contributed by atoms with van der Waals surface area (Å²) < 4.78 is 5.79. The molecule has 23 heavy (non-hydrogen) atoms. The van der Waals surface area contributed by atoms with Gasteiger partial charge in [0, 0.05) is 18.3 Å². The van der Waals surface area contributed by atoms with Gasteiger partial charge in [-0.3, -0.25) is 4.79 Å². The zero-order valence-electron chi connectivity index (χ0n) is 14.9. The highest BCUT2D eigenvalue weighted by atomic mass is 16.5. The summed E-state index contributed by atoms with van der Waals surface area (Å²) in [7, 11) is 0. The Morgan fingerprint density at radius 2 is 1.91 bits per heavy atom. The summed E-state index contributed by atoms with van der Waals surface area (Å²) in [6, 6.07) is 0. The monoisotopic (exact) mass is 314 g/mol. The third-order valence-electron chi connectivity index (χ3n) is 7.77. The number of carbonyl (C=O) groups excluding carboxylic acids is 1. The molecule has 0 amide bonds. The van der Waals surface area contributed by atoms with Crippen molar-refractivity contribution >= 4 is 5.78 Å². The van der Waals surface area contributed by atoms with Gasteiger partial charge >= 0.3 is 0 Å². The summed E-state index contributed by atoms with van der Waals surface area (Å²) >= 11 is 0. The molecule has 2 heteroatoms. The normalized spacial score (nSPS) is 45.5. The van der Waals surface area contributed by atoms with Crippen LogP contribution in [0.15, 0.2) is 23.5 Å². The molecule has 0 bridgehead atoms. The molecule has 0 aromatic heterocycles. The molecule has 5 unspecified atom stereocenters. The molecule has 4 rings (SSSR count). The fourth-order valence-corrected chi connectivity index (χ4v) is 6.37. The zero-order valence-corrected chi connectivity index (χ0v) is 14.9. The van der Waals surface area contributed by atoms with Crippen LogP contribution in [0.1, 0.15) is 65.7 Å². The molecule has 0 aromatic carbocycles. The van der Waals surface area contributed by atoms with Gasteiger partial charge in [0.2, 0.25) is 0 Å². The van der Waals surface area contributed by atoms with Gasteiger partial charge in [-0.05, 0) is 73.8 Å². The van der Waals surface area contributed by atoms with E-state index in [2.05, 4.69) is 32.9 Å². The Balaban J connectivity index is 1.67. The van der Waals surface area contributed by atoms with Gasteiger partial charge < -0.3 is 4.74 Å². The van der Waals surface area contributed by atoms with Crippen LogP contribution in [0.25, 0.3) is 0 Å². The van der Waals surface area contributed by atoms with Crippen LogP contribution in [0, 0.1) is 28.6 Å². The van der Waals surface area contributed by atoms with E-state index in [-0.39, 0.29) is 5.41 Å². The first-order chi connectivity index (χ1) is 11.0. The molecule has 2 nitrogen and oxygen atoms in total. The first-order valence-electron chi connectivity index (χ1n) is 9.56. The molecule has 2 fully saturated rings. The van der Waals surface area contributed by atoms with Crippen molar-refractivity contribution in [2.75, 3.05) is 6.61 Å². The third kappa shape index (κ3) is 2.09. The lowest BCUT2D eigenvalue weighted by molar-refractivity contribution is -0.131. The Labute approximate surface area is 140 Å². The summed E-state index contributed by atoms with van der Waals surface area (Å²) in [5.74, 6) is 3.82. The summed E-state index contributed by atoms with van der Waals surface area (Å²) in [5.41, 5.74) is 1.81. The van der Waals surface area contributed by atoms with Crippen molar-refractivity contribution in [2.45, 2.75) is 65.7 Å². The Morgan fingerprint density at radius 3 is 2.70 bits per heavy atom. The smallest absolute Gasteiger partial charge is 0.139 e. The molecule has 0 N–H and O–H groups in total. The number of allylic oxidation sites excluding steroid dienone is 4. The average Bonchev–Trinajstić information content (AvgIpc) is 2.84. The van der Waals surface area contributed by atoms with Crippen LogP contribution >= 0.6 is 0 Å². The van der Waals surface area contributed by atoms with Gasteiger partial charge in [-0.2, -0.15) is 0 Å². The van der Waals surface area contributed by atoms with E-state index < -0.39 is 0 Å². The molecular weight excluding hydrogens is 284 g/mol. The second kappa shape index (κ2) is 5.22. The van der Waals surface area contributed by atoms with E-state index in [9.17, 15) is 4.79 Å². The average molecular weight is 314 g/mol. The summed E-state index contributed by atoms with van der Waals surface area (Å²) in [5, 5.41) is 0.